The van der Waals surface area contributed by atoms with Gasteiger partial charge in [0.25, 0.3) is 0 Å². The van der Waals surface area contributed by atoms with Crippen LogP contribution in [0.1, 0.15) is 59.1 Å². The largest absolute Gasteiger partial charge is 0.506 e. The molecule has 1 unspecified atom stereocenters. The third kappa shape index (κ3) is 11.8. The van der Waals surface area contributed by atoms with Gasteiger partial charge in [0.05, 0.1) is 25.5 Å². The monoisotopic (exact) mass is 491 g/mol. The standard InChI is InChI=1S/C14H21BrO.C11H13NO3/c1-4-11(3)14(10-9-12(15)5-2)16-13-7-6-8-13;1-9(15-7-6-13)2-3-10-4-5-11(14)8-12-10/h5,9-10,13H,4,6-8H2,1-3H3;4-5,8-9,13-14H,6-7H2,1H3/b10-9-,12-5+,14-11-;. The maximum atomic E-state index is 8.99. The normalized spacial score (nSPS) is 15.7. The average molecular weight is 492 g/mol. The highest BCUT2D eigenvalue weighted by Gasteiger charge is 2.19. The summed E-state index contributed by atoms with van der Waals surface area (Å²) >= 11 is 3.47. The summed E-state index contributed by atoms with van der Waals surface area (Å²) in [5.74, 6) is 6.79. The number of ether oxygens (including phenoxy) is 2. The number of halogens is 1. The smallest absolute Gasteiger partial charge is 0.133 e. The Hall–Kier alpha value is -2.07. The van der Waals surface area contributed by atoms with Crippen LogP contribution in [0.2, 0.25) is 0 Å². The molecule has 0 bridgehead atoms. The lowest BCUT2D eigenvalue weighted by atomic mass is 9.96. The minimum atomic E-state index is -0.243. The highest BCUT2D eigenvalue weighted by Crippen LogP contribution is 2.27. The minimum absolute atomic E-state index is 0.0104. The van der Waals surface area contributed by atoms with E-state index in [1.165, 1.54) is 37.1 Å². The molecule has 0 spiro atoms. The van der Waals surface area contributed by atoms with Gasteiger partial charge in [-0.25, -0.2) is 4.98 Å². The highest BCUT2D eigenvalue weighted by atomic mass is 79.9. The number of rotatable bonds is 8. The molecule has 1 atom stereocenters. The van der Waals surface area contributed by atoms with Crippen molar-refractivity contribution in [1.29, 1.82) is 0 Å². The lowest BCUT2D eigenvalue weighted by Crippen LogP contribution is -2.21. The number of aromatic hydroxyl groups is 1. The van der Waals surface area contributed by atoms with Crippen LogP contribution in [-0.4, -0.2) is 40.6 Å². The van der Waals surface area contributed by atoms with E-state index in [-0.39, 0.29) is 25.1 Å². The Bertz CT molecular complexity index is 799. The third-order valence-electron chi connectivity index (χ3n) is 4.58. The number of aliphatic hydroxyl groups is 1. The molecule has 0 amide bonds. The number of aliphatic hydroxyl groups excluding tert-OH is 1. The topological polar surface area (TPSA) is 71.8 Å². The fourth-order valence-electron chi connectivity index (χ4n) is 2.28. The van der Waals surface area contributed by atoms with E-state index in [0.717, 1.165) is 16.7 Å². The fourth-order valence-corrected chi connectivity index (χ4v) is 2.41. The van der Waals surface area contributed by atoms with E-state index in [4.69, 9.17) is 19.7 Å². The van der Waals surface area contributed by atoms with Gasteiger partial charge in [-0.3, -0.25) is 0 Å². The summed E-state index contributed by atoms with van der Waals surface area (Å²) in [6.45, 7) is 8.38. The number of allylic oxidation sites excluding steroid dienone is 5. The number of aromatic nitrogens is 1. The predicted molar refractivity (Wildman–Crippen MR) is 129 cm³/mol. The number of nitrogens with zero attached hydrogens (tertiary/aromatic N) is 1. The summed E-state index contributed by atoms with van der Waals surface area (Å²) in [6, 6.07) is 3.15. The van der Waals surface area contributed by atoms with Crippen LogP contribution < -0.4 is 0 Å². The van der Waals surface area contributed by atoms with Gasteiger partial charge in [0, 0.05) is 4.48 Å². The molecular formula is C25H34BrNO4. The van der Waals surface area contributed by atoms with Gasteiger partial charge in [0.2, 0.25) is 0 Å². The highest BCUT2D eigenvalue weighted by molar-refractivity contribution is 9.11. The fraction of sp³-hybridized carbons (Fsp3) is 0.480. The van der Waals surface area contributed by atoms with Crippen LogP contribution in [0.25, 0.3) is 0 Å². The van der Waals surface area contributed by atoms with Crippen LogP contribution in [0.3, 0.4) is 0 Å². The van der Waals surface area contributed by atoms with Gasteiger partial charge >= 0.3 is 0 Å². The lowest BCUT2D eigenvalue weighted by Gasteiger charge is -2.27. The Kier molecular flexibility index (Phi) is 13.6. The summed E-state index contributed by atoms with van der Waals surface area (Å²) < 4.78 is 12.2. The zero-order chi connectivity index (χ0) is 23.1. The molecular weight excluding hydrogens is 458 g/mol. The third-order valence-corrected chi connectivity index (χ3v) is 5.30. The van der Waals surface area contributed by atoms with Crippen molar-refractivity contribution in [3.05, 3.63) is 58.1 Å². The Morgan fingerprint density at radius 3 is 2.61 bits per heavy atom. The summed E-state index contributed by atoms with van der Waals surface area (Å²) in [5.41, 5.74) is 1.90. The molecule has 2 rings (SSSR count). The van der Waals surface area contributed by atoms with E-state index in [1.54, 1.807) is 13.0 Å². The summed E-state index contributed by atoms with van der Waals surface area (Å²) in [4.78, 5) is 3.90. The molecule has 0 aromatic carbocycles. The molecule has 31 heavy (non-hydrogen) atoms. The zero-order valence-corrected chi connectivity index (χ0v) is 20.5. The molecule has 5 nitrogen and oxygen atoms in total. The first-order chi connectivity index (χ1) is 14.9. The first-order valence-electron chi connectivity index (χ1n) is 10.6. The van der Waals surface area contributed by atoms with Crippen molar-refractivity contribution in [2.24, 2.45) is 0 Å². The number of pyridine rings is 1. The van der Waals surface area contributed by atoms with Gasteiger partial charge in [0.1, 0.15) is 23.3 Å². The first-order valence-corrected chi connectivity index (χ1v) is 11.4. The van der Waals surface area contributed by atoms with Gasteiger partial charge in [0.15, 0.2) is 0 Å². The first kappa shape index (κ1) is 27.0. The lowest BCUT2D eigenvalue weighted by molar-refractivity contribution is 0.0572. The predicted octanol–water partition coefficient (Wildman–Crippen LogP) is 5.63. The van der Waals surface area contributed by atoms with E-state index in [1.807, 2.05) is 19.1 Å². The quantitative estimate of drug-likeness (QED) is 0.280. The Morgan fingerprint density at radius 1 is 1.35 bits per heavy atom. The van der Waals surface area contributed by atoms with Gasteiger partial charge in [-0.1, -0.05) is 34.9 Å². The maximum Gasteiger partial charge on any atom is 0.133 e. The maximum absolute atomic E-state index is 8.99. The SMILES string of the molecule is CC(C#Cc1ccc(O)cn1)OCCO.C\C=C(Br)/C=C\C(OC1CCC1)=C(/C)CC. The molecule has 170 valence electrons. The molecule has 1 aliphatic rings. The van der Waals surface area contributed by atoms with Crippen LogP contribution in [0.15, 0.2) is 52.4 Å². The number of hydrogen-bond acceptors (Lipinski definition) is 5. The Labute approximate surface area is 195 Å². The summed E-state index contributed by atoms with van der Waals surface area (Å²) in [5, 5.41) is 17.5. The van der Waals surface area contributed by atoms with Crippen molar-refractivity contribution < 1.29 is 19.7 Å². The molecule has 0 saturated heterocycles. The van der Waals surface area contributed by atoms with Crippen LogP contribution in [-0.2, 0) is 9.47 Å². The molecule has 1 aromatic rings. The van der Waals surface area contributed by atoms with Crippen molar-refractivity contribution in [3.8, 4) is 17.6 Å². The van der Waals surface area contributed by atoms with Gasteiger partial charge < -0.3 is 19.7 Å². The van der Waals surface area contributed by atoms with Crippen LogP contribution in [0, 0.1) is 11.8 Å². The van der Waals surface area contributed by atoms with E-state index < -0.39 is 0 Å². The minimum Gasteiger partial charge on any atom is -0.506 e. The van der Waals surface area contributed by atoms with Crippen molar-refractivity contribution >= 4 is 15.9 Å². The molecule has 1 heterocycles. The number of hydrogen-bond donors (Lipinski definition) is 2. The zero-order valence-electron chi connectivity index (χ0n) is 18.9. The molecule has 1 saturated carbocycles. The van der Waals surface area contributed by atoms with E-state index in [2.05, 4.69) is 52.7 Å². The van der Waals surface area contributed by atoms with Crippen molar-refractivity contribution in [3.63, 3.8) is 0 Å². The average Bonchev–Trinajstić information content (AvgIpc) is 2.75. The van der Waals surface area contributed by atoms with E-state index in [0.29, 0.717) is 11.8 Å². The van der Waals surface area contributed by atoms with Crippen LogP contribution in [0.4, 0.5) is 0 Å². The Balaban J connectivity index is 0.000000311. The van der Waals surface area contributed by atoms with E-state index >= 15 is 0 Å². The molecule has 1 aromatic heterocycles. The van der Waals surface area contributed by atoms with Crippen LogP contribution >= 0.6 is 15.9 Å². The van der Waals surface area contributed by atoms with Gasteiger partial charge in [-0.2, -0.15) is 0 Å². The second-order valence-corrected chi connectivity index (χ2v) is 8.00. The van der Waals surface area contributed by atoms with Crippen molar-refractivity contribution in [1.82, 2.24) is 4.98 Å². The Morgan fingerprint density at radius 2 is 2.10 bits per heavy atom. The molecule has 0 aliphatic heterocycles. The molecule has 6 heteroatoms. The van der Waals surface area contributed by atoms with Gasteiger partial charge in [-0.15, -0.1) is 0 Å². The van der Waals surface area contributed by atoms with Crippen LogP contribution in [0.5, 0.6) is 5.75 Å². The summed E-state index contributed by atoms with van der Waals surface area (Å²) in [7, 11) is 0. The van der Waals surface area contributed by atoms with Gasteiger partial charge in [-0.05, 0) is 82.2 Å². The molecule has 0 radical (unpaired) electrons. The molecule has 1 fully saturated rings. The van der Waals surface area contributed by atoms with E-state index in [9.17, 15) is 0 Å². The molecule has 2 N–H and O–H groups in total. The second-order valence-electron chi connectivity index (χ2n) is 7.08. The van der Waals surface area contributed by atoms with Crippen molar-refractivity contribution in [2.45, 2.75) is 65.6 Å². The second kappa shape index (κ2) is 15.7. The van der Waals surface area contributed by atoms with Crippen molar-refractivity contribution in [2.75, 3.05) is 13.2 Å². The summed E-state index contributed by atoms with van der Waals surface area (Å²) in [6.07, 6.45) is 12.5. The molecule has 1 aliphatic carbocycles.